The lowest BCUT2D eigenvalue weighted by atomic mass is 10.0. The number of methoxy groups -OCH3 is 1. The molecule has 3 aliphatic heterocycles. The number of hydrogen-bond acceptors (Lipinski definition) is 16. The van der Waals surface area contributed by atoms with Crippen LogP contribution in [0.5, 0.6) is 5.75 Å². The molecule has 3 saturated heterocycles. The zero-order chi connectivity index (χ0) is 51.1. The predicted molar refractivity (Wildman–Crippen MR) is 278 cm³/mol. The number of unbranched alkanes of at least 4 members (excludes halogenated alkanes) is 1. The number of nitrogens with one attached hydrogen (secondary N) is 6. The van der Waals surface area contributed by atoms with Gasteiger partial charge in [-0.15, -0.1) is 0 Å². The number of ether oxygens (including phenoxy) is 5. The lowest BCUT2D eigenvalue weighted by Gasteiger charge is -2.36. The van der Waals surface area contributed by atoms with Crippen LogP contribution in [-0.4, -0.2) is 174 Å². The summed E-state index contributed by atoms with van der Waals surface area (Å²) in [7, 11) is 1.50. The van der Waals surface area contributed by atoms with Gasteiger partial charge in [0.15, 0.2) is 5.13 Å². The number of thioether (sulfide) groups is 1. The molecule has 6 rings (SSSR count). The zero-order valence-corrected chi connectivity index (χ0v) is 43.4. The maximum atomic E-state index is 13.2. The first-order valence-corrected chi connectivity index (χ1v) is 26.9. The van der Waals surface area contributed by atoms with Gasteiger partial charge in [-0.1, -0.05) is 36.1 Å². The van der Waals surface area contributed by atoms with Crippen LogP contribution in [0.1, 0.15) is 58.4 Å². The van der Waals surface area contributed by atoms with Crippen LogP contribution >= 0.6 is 34.9 Å². The number of rotatable bonds is 31. The summed E-state index contributed by atoms with van der Waals surface area (Å²) >= 11 is 4.63. The van der Waals surface area contributed by atoms with Crippen LogP contribution in [-0.2, 0) is 33.3 Å². The first-order valence-electron chi connectivity index (χ1n) is 24.2. The highest BCUT2D eigenvalue weighted by atomic mass is 32.2. The van der Waals surface area contributed by atoms with E-state index in [1.165, 1.54) is 36.3 Å². The van der Waals surface area contributed by atoms with Crippen molar-refractivity contribution in [1.29, 1.82) is 0 Å². The third-order valence-corrected chi connectivity index (χ3v) is 15.6. The number of thiazole rings is 1. The van der Waals surface area contributed by atoms with Gasteiger partial charge in [-0.3, -0.25) is 29.3 Å². The summed E-state index contributed by atoms with van der Waals surface area (Å²) in [6, 6.07) is 11.3. The van der Waals surface area contributed by atoms with Gasteiger partial charge in [0.1, 0.15) is 5.75 Å². The SMILES string of the molecule is C=CC(=O)NCCNC(=O)c1cc(Sc2cnc(NC(=O)c3ccc(N4CCN(C(=O)CCOCCOCCOCCOCCNC(=O)CCCCC5SCC6NC(=O)NC65)CC4)cc3)s2)c(C)cc1OC. The van der Waals surface area contributed by atoms with E-state index in [-0.39, 0.29) is 60.7 Å². The van der Waals surface area contributed by atoms with Crippen LogP contribution < -0.4 is 41.5 Å². The number of carbonyl (C=O) groups excluding carboxylic acids is 6. The monoisotopic (exact) mass is 1050 g/mol. The average Bonchev–Trinajstić information content (AvgIpc) is 4.11. The summed E-state index contributed by atoms with van der Waals surface area (Å²) in [5, 5.41) is 18.0. The summed E-state index contributed by atoms with van der Waals surface area (Å²) in [5.41, 5.74) is 2.70. The molecule has 3 unspecified atom stereocenters. The van der Waals surface area contributed by atoms with Crippen LogP contribution in [0.25, 0.3) is 0 Å². The van der Waals surface area contributed by atoms with E-state index in [0.29, 0.717) is 126 Å². The van der Waals surface area contributed by atoms with Gasteiger partial charge >= 0.3 is 6.03 Å². The van der Waals surface area contributed by atoms with Crippen molar-refractivity contribution < 1.29 is 52.5 Å². The third kappa shape index (κ3) is 17.9. The lowest BCUT2D eigenvalue weighted by molar-refractivity contribution is -0.132. The fourth-order valence-electron chi connectivity index (χ4n) is 8.03. The fourth-order valence-corrected chi connectivity index (χ4v) is 11.5. The van der Waals surface area contributed by atoms with Crippen LogP contribution in [0.4, 0.5) is 15.6 Å². The first kappa shape index (κ1) is 55.9. The van der Waals surface area contributed by atoms with Gasteiger partial charge in [0.2, 0.25) is 17.7 Å². The highest BCUT2D eigenvalue weighted by Gasteiger charge is 2.42. The third-order valence-electron chi connectivity index (χ3n) is 11.9. The Hall–Kier alpha value is -5.43. The molecule has 4 heterocycles. The molecule has 2 aromatic carbocycles. The van der Waals surface area contributed by atoms with E-state index in [4.69, 9.17) is 23.7 Å². The Morgan fingerprint density at radius 3 is 2.24 bits per heavy atom. The van der Waals surface area contributed by atoms with E-state index >= 15 is 0 Å². The highest BCUT2D eigenvalue weighted by molar-refractivity contribution is 8.01. The molecule has 1 aromatic heterocycles. The van der Waals surface area contributed by atoms with Crippen molar-refractivity contribution in [3.8, 4) is 5.75 Å². The van der Waals surface area contributed by atoms with Crippen LogP contribution in [0, 0.1) is 6.92 Å². The smallest absolute Gasteiger partial charge is 0.315 e. The first-order chi connectivity index (χ1) is 35.0. The standard InChI is InChI=1S/C49H67N9O11S3/c1-4-41(59)50-14-15-52-47(63)36-30-40(33(2)29-38(36)65-3)71-44-31-53-49(72-44)56-46(62)34-9-11-35(12-10-34)57-17-19-58(20-18-57)43(61)13-21-66-23-25-68-27-28-69-26-24-67-22-16-51-42(60)8-6-5-7-39-45-37(32-70-39)54-48(64)55-45/h4,9-12,29-31,37,39,45H,1,5-8,13-28,32H2,2-3H3,(H,50,59)(H,51,60)(H,52,63)(H,53,56,62)(H2,54,55,64). The van der Waals surface area contributed by atoms with Gasteiger partial charge in [0.25, 0.3) is 11.8 Å². The minimum Gasteiger partial charge on any atom is -0.496 e. The van der Waals surface area contributed by atoms with Gasteiger partial charge in [0.05, 0.1) is 94.4 Å². The Labute approximate surface area is 433 Å². The lowest BCUT2D eigenvalue weighted by Crippen LogP contribution is -2.49. The van der Waals surface area contributed by atoms with Crippen molar-refractivity contribution in [2.24, 2.45) is 0 Å². The van der Waals surface area contributed by atoms with Crippen LogP contribution in [0.15, 0.2) is 64.4 Å². The Balaban J connectivity index is 0.753. The van der Waals surface area contributed by atoms with Crippen molar-refractivity contribution in [3.05, 3.63) is 71.9 Å². The molecule has 0 bridgehead atoms. The molecule has 7 amide bonds. The minimum absolute atomic E-state index is 0.0224. The fraction of sp³-hybridized carbons (Fsp3) is 0.531. The number of urea groups is 1. The van der Waals surface area contributed by atoms with Crippen molar-refractivity contribution in [2.45, 2.75) is 65.5 Å². The predicted octanol–water partition coefficient (Wildman–Crippen LogP) is 3.84. The Morgan fingerprint density at radius 2 is 1.53 bits per heavy atom. The second kappa shape index (κ2) is 29.9. The summed E-state index contributed by atoms with van der Waals surface area (Å²) in [6.07, 6.45) is 6.39. The molecule has 23 heteroatoms. The van der Waals surface area contributed by atoms with Gasteiger partial charge in [-0.2, -0.15) is 11.8 Å². The average molecular weight is 1050 g/mol. The number of aromatic nitrogens is 1. The number of carbonyl (C=O) groups is 6. The zero-order valence-electron chi connectivity index (χ0n) is 41.0. The number of anilines is 2. The number of fused-ring (bicyclic) bond motifs is 1. The van der Waals surface area contributed by atoms with Gasteiger partial charge in [-0.05, 0) is 67.8 Å². The molecule has 0 aliphatic carbocycles. The largest absolute Gasteiger partial charge is 0.496 e. The van der Waals surface area contributed by atoms with E-state index in [0.717, 1.165) is 45.4 Å². The molecule has 0 radical (unpaired) electrons. The molecule has 392 valence electrons. The van der Waals surface area contributed by atoms with Crippen molar-refractivity contribution in [3.63, 3.8) is 0 Å². The molecule has 0 spiro atoms. The maximum absolute atomic E-state index is 13.2. The normalized spacial score (nSPS) is 17.1. The quantitative estimate of drug-likeness (QED) is 0.0305. The molecule has 72 heavy (non-hydrogen) atoms. The number of hydrogen-bond donors (Lipinski definition) is 6. The number of amides is 7. The molecule has 3 atom stereocenters. The molecule has 3 fully saturated rings. The topological polar surface area (TPSA) is 240 Å². The van der Waals surface area contributed by atoms with E-state index in [9.17, 15) is 28.8 Å². The van der Waals surface area contributed by atoms with E-state index in [2.05, 4.69) is 48.4 Å². The number of benzene rings is 2. The van der Waals surface area contributed by atoms with Crippen molar-refractivity contribution in [1.82, 2.24) is 36.5 Å². The van der Waals surface area contributed by atoms with E-state index < -0.39 is 0 Å². The second-order valence-electron chi connectivity index (χ2n) is 16.9. The summed E-state index contributed by atoms with van der Waals surface area (Å²) in [5.74, 6) is 0.484. The van der Waals surface area contributed by atoms with Crippen molar-refractivity contribution >= 4 is 81.2 Å². The number of aryl methyl sites for hydroxylation is 1. The molecular formula is C49H67N9O11S3. The van der Waals surface area contributed by atoms with Crippen LogP contribution in [0.3, 0.4) is 0 Å². The minimum atomic E-state index is -0.341. The van der Waals surface area contributed by atoms with Gasteiger partial charge in [-0.25, -0.2) is 9.78 Å². The number of piperazine rings is 1. The second-order valence-corrected chi connectivity index (χ2v) is 20.6. The summed E-state index contributed by atoms with van der Waals surface area (Å²) in [6.45, 7) is 12.0. The Bertz CT molecular complexity index is 2280. The van der Waals surface area contributed by atoms with E-state index in [1.54, 1.807) is 30.5 Å². The van der Waals surface area contributed by atoms with Crippen molar-refractivity contribution in [2.75, 3.05) is 122 Å². The Kier molecular flexibility index (Phi) is 23.2. The van der Waals surface area contributed by atoms with Crippen LogP contribution in [0.2, 0.25) is 0 Å². The maximum Gasteiger partial charge on any atom is 0.315 e. The van der Waals surface area contributed by atoms with Gasteiger partial charge < -0.3 is 60.1 Å². The number of nitrogens with zero attached hydrogens (tertiary/aromatic N) is 3. The summed E-state index contributed by atoms with van der Waals surface area (Å²) in [4.78, 5) is 83.4. The summed E-state index contributed by atoms with van der Waals surface area (Å²) < 4.78 is 28.6. The molecule has 0 saturated carbocycles. The Morgan fingerprint density at radius 1 is 0.833 bits per heavy atom. The molecular weight excluding hydrogens is 987 g/mol. The molecule has 3 aliphatic rings. The van der Waals surface area contributed by atoms with Gasteiger partial charge in [0, 0.05) is 79.4 Å². The molecule has 6 N–H and O–H groups in total. The molecule has 3 aromatic rings. The highest BCUT2D eigenvalue weighted by Crippen LogP contribution is 2.38. The molecule has 20 nitrogen and oxygen atoms in total. The van der Waals surface area contributed by atoms with E-state index in [1.807, 2.05) is 35.7 Å².